The fraction of sp³-hybridized carbons (Fsp3) is 0.308. The fourth-order valence-electron chi connectivity index (χ4n) is 1.69. The molecule has 106 valence electrons. The van der Waals surface area contributed by atoms with Crippen molar-refractivity contribution in [2.75, 3.05) is 0 Å². The molecule has 2 aromatic heterocycles. The van der Waals surface area contributed by atoms with Crippen molar-refractivity contribution in [3.63, 3.8) is 0 Å². The largest absolute Gasteiger partial charge is 0.281 e. The molecule has 0 radical (unpaired) electrons. The van der Waals surface area contributed by atoms with Gasteiger partial charge in [0.15, 0.2) is 0 Å². The van der Waals surface area contributed by atoms with Gasteiger partial charge in [-0.15, -0.1) is 11.3 Å². The van der Waals surface area contributed by atoms with E-state index in [1.807, 2.05) is 13.0 Å². The van der Waals surface area contributed by atoms with Crippen molar-refractivity contribution in [2.24, 2.45) is 12.1 Å². The van der Waals surface area contributed by atoms with Crippen LogP contribution in [0.4, 0.5) is 4.39 Å². The first-order valence-electron chi connectivity index (χ1n) is 6.14. The van der Waals surface area contributed by atoms with E-state index < -0.39 is 5.95 Å². The Hall–Kier alpha value is -2.02. The van der Waals surface area contributed by atoms with Gasteiger partial charge in [-0.1, -0.05) is 6.92 Å². The molecule has 7 heteroatoms. The maximum Gasteiger partial charge on any atom is 0.281 e. The van der Waals surface area contributed by atoms with E-state index >= 15 is 0 Å². The number of rotatable bonds is 4. The number of carbonyl (C=O) groups is 1. The molecule has 0 aliphatic rings. The van der Waals surface area contributed by atoms with E-state index in [0.717, 1.165) is 16.0 Å². The summed E-state index contributed by atoms with van der Waals surface area (Å²) in [6, 6.07) is 3.67. The zero-order chi connectivity index (χ0) is 14.7. The number of amides is 1. The molecule has 0 bridgehead atoms. The number of thiophene rings is 1. The average molecular weight is 294 g/mol. The first kappa shape index (κ1) is 14.4. The Labute approximate surface area is 120 Å². The maximum absolute atomic E-state index is 13.6. The van der Waals surface area contributed by atoms with Crippen LogP contribution in [0.25, 0.3) is 0 Å². The number of nitrogens with one attached hydrogen (secondary N) is 1. The highest BCUT2D eigenvalue weighted by Gasteiger charge is 2.11. The SMILES string of the molecule is CCc1ccc(C(=O)NN=Cc2c(C)nn(C)c2F)s1. The van der Waals surface area contributed by atoms with Gasteiger partial charge >= 0.3 is 0 Å². The minimum atomic E-state index is -0.482. The van der Waals surface area contributed by atoms with Gasteiger partial charge in [-0.05, 0) is 25.5 Å². The Morgan fingerprint density at radius 1 is 1.60 bits per heavy atom. The smallest absolute Gasteiger partial charge is 0.266 e. The van der Waals surface area contributed by atoms with E-state index in [1.54, 1.807) is 13.0 Å². The number of hydrazone groups is 1. The molecule has 20 heavy (non-hydrogen) atoms. The summed E-state index contributed by atoms with van der Waals surface area (Å²) in [5, 5.41) is 7.70. The van der Waals surface area contributed by atoms with Gasteiger partial charge in [0.05, 0.1) is 22.3 Å². The number of carbonyl (C=O) groups excluding carboxylic acids is 1. The van der Waals surface area contributed by atoms with E-state index in [-0.39, 0.29) is 11.5 Å². The van der Waals surface area contributed by atoms with Crippen LogP contribution >= 0.6 is 11.3 Å². The summed E-state index contributed by atoms with van der Waals surface area (Å²) < 4.78 is 14.7. The molecule has 0 aliphatic carbocycles. The molecule has 2 rings (SSSR count). The maximum atomic E-state index is 13.6. The van der Waals surface area contributed by atoms with Crippen molar-refractivity contribution in [3.8, 4) is 0 Å². The number of nitrogens with zero attached hydrogens (tertiary/aromatic N) is 3. The summed E-state index contributed by atoms with van der Waals surface area (Å²) in [5.41, 5.74) is 3.18. The molecule has 2 heterocycles. The molecule has 0 aliphatic heterocycles. The van der Waals surface area contributed by atoms with Crippen LogP contribution < -0.4 is 5.43 Å². The van der Waals surface area contributed by atoms with Crippen molar-refractivity contribution in [1.82, 2.24) is 15.2 Å². The Kier molecular flexibility index (Phi) is 4.29. The zero-order valence-corrected chi connectivity index (χ0v) is 12.3. The number of hydrogen-bond donors (Lipinski definition) is 1. The number of aryl methyl sites for hydroxylation is 3. The molecule has 1 amide bonds. The first-order valence-corrected chi connectivity index (χ1v) is 6.95. The van der Waals surface area contributed by atoms with E-state index in [9.17, 15) is 9.18 Å². The van der Waals surface area contributed by atoms with E-state index in [1.165, 1.54) is 24.6 Å². The molecule has 0 unspecified atom stereocenters. The van der Waals surface area contributed by atoms with Crippen LogP contribution in [0.1, 0.15) is 32.7 Å². The molecule has 1 N–H and O–H groups in total. The van der Waals surface area contributed by atoms with Gasteiger partial charge < -0.3 is 0 Å². The molecular weight excluding hydrogens is 279 g/mol. The quantitative estimate of drug-likeness (QED) is 0.694. The Morgan fingerprint density at radius 2 is 2.35 bits per heavy atom. The summed E-state index contributed by atoms with van der Waals surface area (Å²) in [6.07, 6.45) is 2.16. The van der Waals surface area contributed by atoms with Crippen molar-refractivity contribution in [1.29, 1.82) is 0 Å². The predicted octanol–water partition coefficient (Wildman–Crippen LogP) is 2.26. The Morgan fingerprint density at radius 3 is 2.90 bits per heavy atom. The highest BCUT2D eigenvalue weighted by molar-refractivity contribution is 7.14. The topological polar surface area (TPSA) is 59.3 Å². The van der Waals surface area contributed by atoms with Gasteiger partial charge in [0.1, 0.15) is 0 Å². The number of hydrogen-bond acceptors (Lipinski definition) is 4. The van der Waals surface area contributed by atoms with Gasteiger partial charge in [-0.25, -0.2) is 10.1 Å². The lowest BCUT2D eigenvalue weighted by Crippen LogP contribution is -2.16. The Bertz CT molecular complexity index is 659. The summed E-state index contributed by atoms with van der Waals surface area (Å²) in [5.74, 6) is -0.780. The van der Waals surface area contributed by atoms with Gasteiger partial charge in [0.25, 0.3) is 5.91 Å². The Balaban J connectivity index is 2.04. The molecule has 0 spiro atoms. The van der Waals surface area contributed by atoms with E-state index in [2.05, 4.69) is 15.6 Å². The third-order valence-electron chi connectivity index (χ3n) is 2.79. The zero-order valence-electron chi connectivity index (χ0n) is 11.5. The summed E-state index contributed by atoms with van der Waals surface area (Å²) in [7, 11) is 1.51. The van der Waals surface area contributed by atoms with Gasteiger partial charge in [0.2, 0.25) is 5.95 Å². The van der Waals surface area contributed by atoms with Gasteiger partial charge in [-0.3, -0.25) is 4.79 Å². The first-order chi connectivity index (χ1) is 9.52. The molecule has 0 fully saturated rings. The summed E-state index contributed by atoms with van der Waals surface area (Å²) in [4.78, 5) is 13.5. The van der Waals surface area contributed by atoms with Crippen LogP contribution in [0.3, 0.4) is 0 Å². The molecule has 0 saturated carbocycles. The number of halogens is 1. The van der Waals surface area contributed by atoms with Crippen molar-refractivity contribution in [3.05, 3.63) is 39.1 Å². The van der Waals surface area contributed by atoms with Crippen LogP contribution in [0.5, 0.6) is 0 Å². The molecule has 0 saturated heterocycles. The molecule has 0 aromatic carbocycles. The fourth-order valence-corrected chi connectivity index (χ4v) is 2.53. The van der Waals surface area contributed by atoms with Crippen LogP contribution in [-0.2, 0) is 13.5 Å². The van der Waals surface area contributed by atoms with Crippen molar-refractivity contribution in [2.45, 2.75) is 20.3 Å². The standard InChI is InChI=1S/C13H15FN4OS/c1-4-9-5-6-11(20-9)13(19)16-15-7-10-8(2)17-18(3)12(10)14/h5-7H,4H2,1-3H3,(H,16,19). The number of aromatic nitrogens is 2. The highest BCUT2D eigenvalue weighted by atomic mass is 32.1. The lowest BCUT2D eigenvalue weighted by atomic mass is 10.3. The molecule has 5 nitrogen and oxygen atoms in total. The van der Waals surface area contributed by atoms with Crippen LogP contribution in [0, 0.1) is 12.9 Å². The summed E-state index contributed by atoms with van der Waals surface area (Å²) in [6.45, 7) is 3.71. The average Bonchev–Trinajstić information content (AvgIpc) is 2.99. The minimum absolute atomic E-state index is 0.272. The molecule has 2 aromatic rings. The van der Waals surface area contributed by atoms with E-state index in [0.29, 0.717) is 10.6 Å². The van der Waals surface area contributed by atoms with Crippen molar-refractivity contribution < 1.29 is 9.18 Å². The van der Waals surface area contributed by atoms with Crippen molar-refractivity contribution >= 4 is 23.5 Å². The highest BCUT2D eigenvalue weighted by Crippen LogP contribution is 2.16. The van der Waals surface area contributed by atoms with E-state index in [4.69, 9.17) is 0 Å². The van der Waals surface area contributed by atoms with Crippen LogP contribution in [0.2, 0.25) is 0 Å². The minimum Gasteiger partial charge on any atom is -0.266 e. The third kappa shape index (κ3) is 2.93. The molecule has 0 atom stereocenters. The predicted molar refractivity (Wildman–Crippen MR) is 76.7 cm³/mol. The molecular formula is C13H15FN4OS. The third-order valence-corrected chi connectivity index (χ3v) is 4.02. The second-order valence-corrected chi connectivity index (χ2v) is 5.40. The lowest BCUT2D eigenvalue weighted by Gasteiger charge is -1.95. The van der Waals surface area contributed by atoms with Crippen LogP contribution in [-0.4, -0.2) is 21.9 Å². The monoisotopic (exact) mass is 294 g/mol. The van der Waals surface area contributed by atoms with Gasteiger partial charge in [0, 0.05) is 11.9 Å². The van der Waals surface area contributed by atoms with Crippen LogP contribution in [0.15, 0.2) is 17.2 Å². The second-order valence-electron chi connectivity index (χ2n) is 4.23. The lowest BCUT2D eigenvalue weighted by molar-refractivity contribution is 0.0959. The summed E-state index contributed by atoms with van der Waals surface area (Å²) >= 11 is 1.42. The van der Waals surface area contributed by atoms with Gasteiger partial charge in [-0.2, -0.15) is 14.6 Å². The second kappa shape index (κ2) is 5.96. The normalized spacial score (nSPS) is 11.2.